The van der Waals surface area contributed by atoms with Crippen molar-refractivity contribution in [2.75, 3.05) is 13.7 Å². The molecule has 0 spiro atoms. The molecule has 1 fully saturated rings. The fourth-order valence-electron chi connectivity index (χ4n) is 3.87. The number of methoxy groups -OCH3 is 1. The molecule has 1 atom stereocenters. The third-order valence-corrected chi connectivity index (χ3v) is 5.66. The Labute approximate surface area is 218 Å². The molecule has 12 nitrogen and oxygen atoms in total. The number of hydrogen-bond donors (Lipinski definition) is 5. The molecule has 12 heteroatoms. The predicted molar refractivity (Wildman–Crippen MR) is 139 cm³/mol. The van der Waals surface area contributed by atoms with Gasteiger partial charge in [0.15, 0.2) is 0 Å². The molecule has 1 aromatic heterocycles. The molecule has 2 heterocycles. The first-order valence-electron chi connectivity index (χ1n) is 11.4. The molecule has 2 aromatic carbocycles. The van der Waals surface area contributed by atoms with Crippen molar-refractivity contribution in [3.05, 3.63) is 77.5 Å². The highest BCUT2D eigenvalue weighted by molar-refractivity contribution is 6.04. The second-order valence-electron chi connectivity index (χ2n) is 8.22. The Balaban J connectivity index is 0.000000493. The molecule has 1 unspecified atom stereocenters. The molecular weight excluding hydrogens is 496 g/mol. The van der Waals surface area contributed by atoms with Gasteiger partial charge in [0.25, 0.3) is 5.91 Å². The molecule has 0 aliphatic carbocycles. The Morgan fingerprint density at radius 3 is 2.26 bits per heavy atom. The zero-order valence-corrected chi connectivity index (χ0v) is 20.6. The molecule has 0 saturated carbocycles. The number of rotatable bonds is 9. The number of nitrogens with two attached hydrogens (primary N) is 1. The van der Waals surface area contributed by atoms with Crippen LogP contribution in [0.3, 0.4) is 0 Å². The number of imide groups is 1. The van der Waals surface area contributed by atoms with Crippen LogP contribution < -0.4 is 15.8 Å². The Hall–Kier alpha value is -4.68. The lowest BCUT2D eigenvalue weighted by molar-refractivity contribution is -0.134. The monoisotopic (exact) mass is 526 g/mol. The zero-order chi connectivity index (χ0) is 26.9. The van der Waals surface area contributed by atoms with E-state index in [0.717, 1.165) is 39.8 Å². The van der Waals surface area contributed by atoms with E-state index >= 15 is 0 Å². The fourth-order valence-corrected chi connectivity index (χ4v) is 3.87. The first-order valence-corrected chi connectivity index (χ1v) is 11.4. The Morgan fingerprint density at radius 1 is 1.05 bits per heavy atom. The highest BCUT2D eigenvalue weighted by Gasteiger charge is 2.37. The third kappa shape index (κ3) is 7.66. The molecular formula is C26H30N4O8. The van der Waals surface area contributed by atoms with Gasteiger partial charge in [-0.2, -0.15) is 0 Å². The van der Waals surface area contributed by atoms with Gasteiger partial charge in [-0.05, 0) is 53.9 Å². The maximum Gasteiger partial charge on any atom is 0.328 e. The summed E-state index contributed by atoms with van der Waals surface area (Å²) in [7, 11) is 1.61. The van der Waals surface area contributed by atoms with E-state index in [0.29, 0.717) is 25.1 Å². The number of benzene rings is 2. The van der Waals surface area contributed by atoms with Gasteiger partial charge in [0.05, 0.1) is 13.7 Å². The van der Waals surface area contributed by atoms with E-state index in [1.54, 1.807) is 7.11 Å². The van der Waals surface area contributed by atoms with Gasteiger partial charge in [-0.15, -0.1) is 0 Å². The van der Waals surface area contributed by atoms with Gasteiger partial charge in [0.1, 0.15) is 11.8 Å². The van der Waals surface area contributed by atoms with Crippen LogP contribution in [0.2, 0.25) is 0 Å². The van der Waals surface area contributed by atoms with Crippen LogP contribution in [0.1, 0.15) is 16.7 Å². The average Bonchev–Trinajstić information content (AvgIpc) is 3.39. The predicted octanol–water partition coefficient (Wildman–Crippen LogP) is 1.23. The van der Waals surface area contributed by atoms with Crippen molar-refractivity contribution in [1.82, 2.24) is 15.2 Å². The molecule has 3 aromatic rings. The van der Waals surface area contributed by atoms with Crippen molar-refractivity contribution >= 4 is 34.8 Å². The number of H-pyrrole nitrogens is 1. The van der Waals surface area contributed by atoms with Crippen LogP contribution in [-0.2, 0) is 33.8 Å². The minimum atomic E-state index is -1.26. The third-order valence-electron chi connectivity index (χ3n) is 5.66. The number of hydrogen-bond acceptors (Lipinski definition) is 6. The van der Waals surface area contributed by atoms with E-state index in [1.165, 1.54) is 4.90 Å². The zero-order valence-electron chi connectivity index (χ0n) is 20.6. The number of urea groups is 1. The van der Waals surface area contributed by atoms with Gasteiger partial charge in [-0.25, -0.2) is 14.4 Å². The lowest BCUT2D eigenvalue weighted by Gasteiger charge is -2.13. The highest BCUT2D eigenvalue weighted by Crippen LogP contribution is 2.23. The van der Waals surface area contributed by atoms with Crippen LogP contribution in [0, 0.1) is 0 Å². The van der Waals surface area contributed by atoms with Crippen LogP contribution in [0.5, 0.6) is 5.75 Å². The number of fused-ring (bicyclic) bond motifs is 1. The molecule has 1 saturated heterocycles. The van der Waals surface area contributed by atoms with Gasteiger partial charge in [-0.1, -0.05) is 18.2 Å². The summed E-state index contributed by atoms with van der Waals surface area (Å²) in [4.78, 5) is 48.9. The standard InChI is InChI=1S/C22H24N4O3.C4H4O4.H2O/c1-29-17-5-2-14(3-6-17)11-20-21(27)26(22(28)25-20)13-15-4-7-19-18(10-15)16(8-9-23)12-24-19;5-3(6)1-2-4(7)8;/h2-7,10,12,20,24H,8-9,11,13,23H2,1H3,(H,25,28);1-2H,(H,5,6)(H,7,8);1H2/b;2-1-;. The van der Waals surface area contributed by atoms with Crippen LogP contribution in [-0.4, -0.2) is 69.1 Å². The van der Waals surface area contributed by atoms with Crippen LogP contribution in [0.15, 0.2) is 60.8 Å². The minimum Gasteiger partial charge on any atom is -0.497 e. The first-order chi connectivity index (χ1) is 17.7. The fraction of sp³-hybridized carbons (Fsp3) is 0.231. The Bertz CT molecular complexity index is 1300. The van der Waals surface area contributed by atoms with Crippen molar-refractivity contribution < 1.29 is 39.6 Å². The summed E-state index contributed by atoms with van der Waals surface area (Å²) in [6.45, 7) is 0.810. The molecule has 3 amide bonds. The summed E-state index contributed by atoms with van der Waals surface area (Å²) in [5.41, 5.74) is 9.71. The van der Waals surface area contributed by atoms with Crippen molar-refractivity contribution in [1.29, 1.82) is 0 Å². The summed E-state index contributed by atoms with van der Waals surface area (Å²) >= 11 is 0. The average molecular weight is 527 g/mol. The summed E-state index contributed by atoms with van der Waals surface area (Å²) in [6, 6.07) is 12.5. The minimum absolute atomic E-state index is 0. The number of carboxylic acids is 2. The smallest absolute Gasteiger partial charge is 0.328 e. The number of nitrogens with zero attached hydrogens (tertiary/aromatic N) is 1. The second kappa shape index (κ2) is 13.6. The molecule has 4 rings (SSSR count). The number of carbonyl (C=O) groups excluding carboxylic acids is 2. The van der Waals surface area contributed by atoms with E-state index in [2.05, 4.69) is 10.3 Å². The molecule has 38 heavy (non-hydrogen) atoms. The van der Waals surface area contributed by atoms with Gasteiger partial charge < -0.3 is 36.5 Å². The quantitative estimate of drug-likeness (QED) is 0.202. The SMILES string of the molecule is COc1ccc(CC2NC(=O)N(Cc3ccc4[nH]cc(CCN)c4c3)C2=O)cc1.O.O=C(O)/C=C\C(=O)O. The van der Waals surface area contributed by atoms with Crippen LogP contribution in [0.4, 0.5) is 4.79 Å². The van der Waals surface area contributed by atoms with Gasteiger partial charge >= 0.3 is 18.0 Å². The van der Waals surface area contributed by atoms with Crippen molar-refractivity contribution in [2.45, 2.75) is 25.4 Å². The van der Waals surface area contributed by atoms with E-state index in [9.17, 15) is 19.2 Å². The normalized spacial score (nSPS) is 14.6. The lowest BCUT2D eigenvalue weighted by Crippen LogP contribution is -2.32. The van der Waals surface area contributed by atoms with E-state index in [1.807, 2.05) is 48.7 Å². The van der Waals surface area contributed by atoms with E-state index in [4.69, 9.17) is 20.7 Å². The van der Waals surface area contributed by atoms with Gasteiger partial charge in [0, 0.05) is 35.7 Å². The number of aromatic nitrogens is 1. The summed E-state index contributed by atoms with van der Waals surface area (Å²) < 4.78 is 5.15. The van der Waals surface area contributed by atoms with Crippen LogP contribution in [0.25, 0.3) is 10.9 Å². The number of carbonyl (C=O) groups is 4. The molecule has 202 valence electrons. The number of nitrogens with one attached hydrogen (secondary N) is 2. The largest absolute Gasteiger partial charge is 0.497 e. The Kier molecular flexibility index (Phi) is 10.6. The molecule has 1 aliphatic heterocycles. The van der Waals surface area contributed by atoms with Gasteiger partial charge in [-0.3, -0.25) is 9.69 Å². The molecule has 0 radical (unpaired) electrons. The Morgan fingerprint density at radius 2 is 1.68 bits per heavy atom. The summed E-state index contributed by atoms with van der Waals surface area (Å²) in [5, 5.41) is 19.5. The molecule has 1 aliphatic rings. The number of aliphatic carboxylic acids is 2. The maximum absolute atomic E-state index is 12.8. The number of aromatic amines is 1. The molecule has 0 bridgehead atoms. The van der Waals surface area contributed by atoms with Crippen molar-refractivity contribution in [3.63, 3.8) is 0 Å². The lowest BCUT2D eigenvalue weighted by atomic mass is 10.1. The number of carboxylic acid groups (broad SMARTS) is 2. The van der Waals surface area contributed by atoms with Crippen molar-refractivity contribution in [2.24, 2.45) is 5.73 Å². The van der Waals surface area contributed by atoms with E-state index in [-0.39, 0.29) is 24.0 Å². The van der Waals surface area contributed by atoms with E-state index < -0.39 is 18.0 Å². The highest BCUT2D eigenvalue weighted by atomic mass is 16.5. The van der Waals surface area contributed by atoms with Gasteiger partial charge in [0.2, 0.25) is 0 Å². The van der Waals surface area contributed by atoms with Crippen molar-refractivity contribution in [3.8, 4) is 5.75 Å². The molecule has 8 N–H and O–H groups in total. The van der Waals surface area contributed by atoms with Crippen LogP contribution >= 0.6 is 0 Å². The summed E-state index contributed by atoms with van der Waals surface area (Å²) in [6.07, 6.45) is 4.30. The second-order valence-corrected chi connectivity index (χ2v) is 8.22. The summed E-state index contributed by atoms with van der Waals surface area (Å²) in [5.74, 6) is -1.96. The number of amides is 3. The maximum atomic E-state index is 12.8. The number of ether oxygens (including phenoxy) is 1. The topological polar surface area (TPSA) is 207 Å². The first kappa shape index (κ1) is 29.5.